The van der Waals surface area contributed by atoms with Crippen LogP contribution in [0, 0.1) is 0 Å². The Labute approximate surface area is 135 Å². The molecule has 0 unspecified atom stereocenters. The van der Waals surface area contributed by atoms with Crippen LogP contribution >= 0.6 is 0 Å². The lowest BCUT2D eigenvalue weighted by molar-refractivity contribution is 0.0683. The van der Waals surface area contributed by atoms with E-state index in [2.05, 4.69) is 9.38 Å². The first-order valence-electron chi connectivity index (χ1n) is 7.30. The van der Waals surface area contributed by atoms with E-state index in [9.17, 15) is 8.42 Å². The van der Waals surface area contributed by atoms with Gasteiger partial charge in [0, 0.05) is 31.0 Å². The highest BCUT2D eigenvalue weighted by atomic mass is 32.2. The minimum atomic E-state index is -3.81. The van der Waals surface area contributed by atoms with E-state index in [0.717, 1.165) is 5.56 Å². The summed E-state index contributed by atoms with van der Waals surface area (Å²) in [5.41, 5.74) is 0.766. The fourth-order valence-corrected chi connectivity index (χ4v) is 3.32. The number of pyridine rings is 1. The van der Waals surface area contributed by atoms with Crippen molar-refractivity contribution in [3.05, 3.63) is 60.4 Å². The summed E-state index contributed by atoms with van der Waals surface area (Å²) in [6.45, 7) is 2.32. The molecular weight excluding hydrogens is 314 g/mol. The zero-order valence-electron chi connectivity index (χ0n) is 12.5. The zero-order valence-corrected chi connectivity index (χ0v) is 13.3. The smallest absolute Gasteiger partial charge is 0.285 e. The first-order chi connectivity index (χ1) is 11.2. The zero-order chi connectivity index (χ0) is 16.1. The molecule has 0 saturated carbocycles. The Morgan fingerprint density at radius 2 is 1.83 bits per heavy atom. The number of aromatic nitrogens is 1. The third-order valence-electron chi connectivity index (χ3n) is 3.48. The van der Waals surface area contributed by atoms with Gasteiger partial charge in [-0.15, -0.1) is 4.40 Å². The molecule has 0 atom stereocenters. The maximum absolute atomic E-state index is 12.6. The van der Waals surface area contributed by atoms with E-state index >= 15 is 0 Å². The number of sulfonamides is 1. The van der Waals surface area contributed by atoms with Crippen LogP contribution in [0.5, 0.6) is 0 Å². The van der Waals surface area contributed by atoms with Crippen molar-refractivity contribution in [3.8, 4) is 0 Å². The molecule has 0 bridgehead atoms. The van der Waals surface area contributed by atoms with Gasteiger partial charge < -0.3 is 9.64 Å². The fraction of sp³-hybridized carbons (Fsp3) is 0.250. The summed E-state index contributed by atoms with van der Waals surface area (Å²) in [5.74, 6) is 0.442. The first kappa shape index (κ1) is 15.6. The van der Waals surface area contributed by atoms with Gasteiger partial charge in [-0.1, -0.05) is 30.3 Å². The molecular formula is C16H17N3O3S. The summed E-state index contributed by atoms with van der Waals surface area (Å²) >= 11 is 0. The van der Waals surface area contributed by atoms with Gasteiger partial charge in [-0.25, -0.2) is 0 Å². The maximum Gasteiger partial charge on any atom is 0.285 e. The molecule has 0 N–H and O–H groups in total. The molecule has 0 radical (unpaired) electrons. The molecule has 2 heterocycles. The van der Waals surface area contributed by atoms with Crippen molar-refractivity contribution in [2.45, 2.75) is 4.90 Å². The van der Waals surface area contributed by atoms with Gasteiger partial charge in [-0.05, 0) is 12.1 Å². The minimum absolute atomic E-state index is 0.0849. The van der Waals surface area contributed by atoms with E-state index < -0.39 is 10.0 Å². The summed E-state index contributed by atoms with van der Waals surface area (Å²) in [7, 11) is -3.81. The van der Waals surface area contributed by atoms with Crippen LogP contribution < -0.4 is 0 Å². The van der Waals surface area contributed by atoms with E-state index in [4.69, 9.17) is 4.74 Å². The predicted octanol–water partition coefficient (Wildman–Crippen LogP) is 1.55. The van der Waals surface area contributed by atoms with Crippen LogP contribution in [0.15, 0.2) is 64.2 Å². The molecule has 23 heavy (non-hydrogen) atoms. The molecule has 0 amide bonds. The molecule has 3 rings (SSSR count). The Morgan fingerprint density at radius 1 is 1.09 bits per heavy atom. The normalized spacial score (nSPS) is 16.3. The monoisotopic (exact) mass is 331 g/mol. The average molecular weight is 331 g/mol. The van der Waals surface area contributed by atoms with Gasteiger partial charge in [0.2, 0.25) is 0 Å². The number of rotatable bonds is 3. The third kappa shape index (κ3) is 3.75. The Morgan fingerprint density at radius 3 is 2.48 bits per heavy atom. The van der Waals surface area contributed by atoms with Gasteiger partial charge in [0.05, 0.1) is 13.2 Å². The quantitative estimate of drug-likeness (QED) is 0.630. The van der Waals surface area contributed by atoms with Crippen LogP contribution in [0.25, 0.3) is 0 Å². The van der Waals surface area contributed by atoms with Gasteiger partial charge >= 0.3 is 0 Å². The number of hydrogen-bond donors (Lipinski definition) is 0. The summed E-state index contributed by atoms with van der Waals surface area (Å²) in [6.07, 6.45) is 2.84. The molecule has 1 aliphatic rings. The average Bonchev–Trinajstić information content (AvgIpc) is 2.62. The Bertz CT molecular complexity index is 771. The van der Waals surface area contributed by atoms with Crippen LogP contribution in [-0.2, 0) is 14.8 Å². The van der Waals surface area contributed by atoms with Crippen molar-refractivity contribution < 1.29 is 13.2 Å². The lowest BCUT2D eigenvalue weighted by Crippen LogP contribution is -2.41. The van der Waals surface area contributed by atoms with Crippen molar-refractivity contribution in [3.63, 3.8) is 0 Å². The number of morpholine rings is 1. The molecule has 1 aromatic heterocycles. The van der Waals surface area contributed by atoms with E-state index in [1.54, 1.807) is 6.07 Å². The second kappa shape index (κ2) is 6.89. The van der Waals surface area contributed by atoms with Crippen LogP contribution in [0.3, 0.4) is 0 Å². The van der Waals surface area contributed by atoms with E-state index in [1.165, 1.54) is 18.5 Å². The lowest BCUT2D eigenvalue weighted by atomic mass is 10.2. The summed E-state index contributed by atoms with van der Waals surface area (Å²) in [6, 6.07) is 12.4. The molecule has 0 spiro atoms. The Hall–Kier alpha value is -2.25. The van der Waals surface area contributed by atoms with Crippen molar-refractivity contribution in [2.24, 2.45) is 4.40 Å². The maximum atomic E-state index is 12.6. The second-order valence-corrected chi connectivity index (χ2v) is 6.65. The molecule has 1 aromatic carbocycles. The van der Waals surface area contributed by atoms with Crippen molar-refractivity contribution >= 4 is 15.9 Å². The highest BCUT2D eigenvalue weighted by Crippen LogP contribution is 2.15. The largest absolute Gasteiger partial charge is 0.378 e. The summed E-state index contributed by atoms with van der Waals surface area (Å²) in [4.78, 5) is 5.88. The van der Waals surface area contributed by atoms with Gasteiger partial charge in [0.1, 0.15) is 10.7 Å². The van der Waals surface area contributed by atoms with Crippen LogP contribution in [0.4, 0.5) is 0 Å². The first-order valence-corrected chi connectivity index (χ1v) is 8.74. The van der Waals surface area contributed by atoms with E-state index in [1.807, 2.05) is 35.2 Å². The number of ether oxygens (including phenoxy) is 1. The summed E-state index contributed by atoms with van der Waals surface area (Å²) < 4.78 is 34.6. The van der Waals surface area contributed by atoms with E-state index in [-0.39, 0.29) is 4.90 Å². The molecule has 1 fully saturated rings. The van der Waals surface area contributed by atoms with Gasteiger partial charge in [-0.3, -0.25) is 4.98 Å². The van der Waals surface area contributed by atoms with Crippen molar-refractivity contribution in [1.82, 2.24) is 9.88 Å². The highest BCUT2D eigenvalue weighted by Gasteiger charge is 2.21. The molecule has 120 valence electrons. The molecule has 1 aliphatic heterocycles. The summed E-state index contributed by atoms with van der Waals surface area (Å²) in [5, 5.41) is 0. The van der Waals surface area contributed by atoms with Crippen LogP contribution in [-0.4, -0.2) is 50.4 Å². The molecule has 6 nitrogen and oxygen atoms in total. The second-order valence-electron chi connectivity index (χ2n) is 5.04. The number of nitrogens with zero attached hydrogens (tertiary/aromatic N) is 3. The Balaban J connectivity index is 2.04. The minimum Gasteiger partial charge on any atom is -0.378 e. The number of hydrogen-bond acceptors (Lipinski definition) is 4. The van der Waals surface area contributed by atoms with Crippen LogP contribution in [0.2, 0.25) is 0 Å². The van der Waals surface area contributed by atoms with Crippen molar-refractivity contribution in [2.75, 3.05) is 26.3 Å². The predicted molar refractivity (Wildman–Crippen MR) is 86.8 cm³/mol. The fourth-order valence-electron chi connectivity index (χ4n) is 2.32. The van der Waals surface area contributed by atoms with Gasteiger partial charge in [0.15, 0.2) is 0 Å². The number of amidine groups is 1. The highest BCUT2D eigenvalue weighted by molar-refractivity contribution is 7.90. The molecule has 7 heteroatoms. The Kier molecular flexibility index (Phi) is 4.68. The third-order valence-corrected chi connectivity index (χ3v) is 4.73. The number of benzene rings is 1. The molecule has 0 aliphatic carbocycles. The van der Waals surface area contributed by atoms with Gasteiger partial charge in [0.25, 0.3) is 10.0 Å². The topological polar surface area (TPSA) is 71.9 Å². The van der Waals surface area contributed by atoms with Crippen LogP contribution in [0.1, 0.15) is 5.56 Å². The lowest BCUT2D eigenvalue weighted by Gasteiger charge is -2.29. The SMILES string of the molecule is O=S(=O)(/N=C(\c1ccccc1)N1CCOCC1)c1cccnc1. The molecule has 2 aromatic rings. The van der Waals surface area contributed by atoms with Gasteiger partial charge in [-0.2, -0.15) is 8.42 Å². The standard InChI is InChI=1S/C16H17N3O3S/c20-23(21,15-7-4-8-17-13-15)18-16(14-5-2-1-3-6-14)19-9-11-22-12-10-19/h1-8,13H,9-12H2/b18-16+. The van der Waals surface area contributed by atoms with Crippen molar-refractivity contribution in [1.29, 1.82) is 0 Å². The van der Waals surface area contributed by atoms with E-state index in [0.29, 0.717) is 32.1 Å². The molecule has 1 saturated heterocycles.